The first kappa shape index (κ1) is 14.5. The highest BCUT2D eigenvalue weighted by Gasteiger charge is 2.09. The van der Waals surface area contributed by atoms with Crippen molar-refractivity contribution in [2.45, 2.75) is 17.7 Å². The van der Waals surface area contributed by atoms with Crippen molar-refractivity contribution in [1.29, 1.82) is 0 Å². The fourth-order valence-electron chi connectivity index (χ4n) is 2.07. The molecular weight excluding hydrogens is 262 g/mol. The Balaban J connectivity index is 1.61. The van der Waals surface area contributed by atoms with E-state index < -0.39 is 0 Å². The molecule has 1 aliphatic heterocycles. The molecule has 0 spiro atoms. The molecule has 1 aliphatic rings. The molecule has 4 nitrogen and oxygen atoms in total. The predicted octanol–water partition coefficient (Wildman–Crippen LogP) is 2.30. The van der Waals surface area contributed by atoms with Gasteiger partial charge < -0.3 is 14.9 Å². The Bertz CT molecular complexity index is 394. The van der Waals surface area contributed by atoms with Gasteiger partial charge in [-0.3, -0.25) is 4.90 Å². The van der Waals surface area contributed by atoms with Gasteiger partial charge in [-0.2, -0.15) is 0 Å². The zero-order valence-corrected chi connectivity index (χ0v) is 11.9. The first-order valence-corrected chi connectivity index (χ1v) is 7.69. The van der Waals surface area contributed by atoms with Crippen LogP contribution in [0.15, 0.2) is 23.1 Å². The number of nitrogens with zero attached hydrogens (tertiary/aromatic N) is 1. The normalized spacial score (nSPS) is 16.6. The topological polar surface area (TPSA) is 52.9 Å². The summed E-state index contributed by atoms with van der Waals surface area (Å²) in [5.74, 6) is 1.26. The second kappa shape index (κ2) is 7.62. The van der Waals surface area contributed by atoms with E-state index in [0.717, 1.165) is 49.9 Å². The molecule has 0 radical (unpaired) electrons. The minimum absolute atomic E-state index is 0.106. The van der Waals surface area contributed by atoms with Crippen molar-refractivity contribution in [3.63, 3.8) is 0 Å². The number of morpholine rings is 1. The van der Waals surface area contributed by atoms with Crippen LogP contribution in [0.2, 0.25) is 0 Å². The van der Waals surface area contributed by atoms with Crippen LogP contribution in [0.1, 0.15) is 12.8 Å². The predicted molar refractivity (Wildman–Crippen MR) is 77.0 cm³/mol. The van der Waals surface area contributed by atoms with Crippen LogP contribution in [-0.2, 0) is 4.74 Å². The first-order chi connectivity index (χ1) is 9.25. The van der Waals surface area contributed by atoms with Gasteiger partial charge in [0.15, 0.2) is 0 Å². The fraction of sp³-hybridized carbons (Fsp3) is 0.571. The maximum absolute atomic E-state index is 9.65. The molecule has 0 atom stereocenters. The summed E-state index contributed by atoms with van der Waals surface area (Å²) in [5, 5.41) is 18.9. The van der Waals surface area contributed by atoms with E-state index in [4.69, 9.17) is 4.74 Å². The number of rotatable bonds is 6. The number of hydrogen-bond donors (Lipinski definition) is 2. The summed E-state index contributed by atoms with van der Waals surface area (Å²) >= 11 is 1.64. The Morgan fingerprint density at radius 3 is 2.68 bits per heavy atom. The number of thioether (sulfide) groups is 1. The molecule has 0 saturated carbocycles. The second-order valence-electron chi connectivity index (χ2n) is 4.66. The van der Waals surface area contributed by atoms with E-state index >= 15 is 0 Å². The molecule has 1 fully saturated rings. The Kier molecular flexibility index (Phi) is 5.82. The number of unbranched alkanes of at least 4 members (excludes halogenated alkanes) is 1. The van der Waals surface area contributed by atoms with Crippen molar-refractivity contribution in [1.82, 2.24) is 4.90 Å². The zero-order chi connectivity index (χ0) is 13.5. The van der Waals surface area contributed by atoms with E-state index in [9.17, 15) is 10.2 Å². The van der Waals surface area contributed by atoms with Gasteiger partial charge in [-0.1, -0.05) is 0 Å². The van der Waals surface area contributed by atoms with E-state index in [2.05, 4.69) is 4.90 Å². The monoisotopic (exact) mass is 283 g/mol. The Morgan fingerprint density at radius 2 is 1.95 bits per heavy atom. The molecule has 19 heavy (non-hydrogen) atoms. The molecule has 106 valence electrons. The van der Waals surface area contributed by atoms with Gasteiger partial charge in [0.05, 0.1) is 13.2 Å². The van der Waals surface area contributed by atoms with Crippen LogP contribution in [0.4, 0.5) is 0 Å². The number of ether oxygens (including phenoxy) is 1. The molecule has 1 aromatic rings. The standard InChI is InChI=1S/C14H21NO3S/c16-12-3-4-14(13(17)11-12)19-10-2-1-5-15-6-8-18-9-7-15/h3-4,11,16-17H,1-2,5-10H2. The number of phenolic OH excluding ortho intramolecular Hbond substituents is 2. The van der Waals surface area contributed by atoms with Gasteiger partial charge >= 0.3 is 0 Å². The van der Waals surface area contributed by atoms with Crippen molar-refractivity contribution >= 4 is 11.8 Å². The maximum Gasteiger partial charge on any atom is 0.132 e. The van der Waals surface area contributed by atoms with Gasteiger partial charge in [0, 0.05) is 24.1 Å². The van der Waals surface area contributed by atoms with Gasteiger partial charge in [-0.15, -0.1) is 11.8 Å². The van der Waals surface area contributed by atoms with Crippen LogP contribution < -0.4 is 0 Å². The lowest BCUT2D eigenvalue weighted by molar-refractivity contribution is 0.0374. The molecule has 2 rings (SSSR count). The van der Waals surface area contributed by atoms with Crippen molar-refractivity contribution in [3.05, 3.63) is 18.2 Å². The molecule has 0 aromatic heterocycles. The van der Waals surface area contributed by atoms with E-state index in [-0.39, 0.29) is 11.5 Å². The second-order valence-corrected chi connectivity index (χ2v) is 5.80. The fourth-order valence-corrected chi connectivity index (χ4v) is 3.01. The van der Waals surface area contributed by atoms with Gasteiger partial charge in [0.1, 0.15) is 11.5 Å². The van der Waals surface area contributed by atoms with Crippen LogP contribution >= 0.6 is 11.8 Å². The van der Waals surface area contributed by atoms with Gasteiger partial charge in [-0.05, 0) is 37.3 Å². The van der Waals surface area contributed by atoms with Gasteiger partial charge in [0.2, 0.25) is 0 Å². The van der Waals surface area contributed by atoms with E-state index in [1.54, 1.807) is 23.9 Å². The summed E-state index contributed by atoms with van der Waals surface area (Å²) in [6.07, 6.45) is 2.30. The van der Waals surface area contributed by atoms with Gasteiger partial charge in [0.25, 0.3) is 0 Å². The molecule has 1 aromatic carbocycles. The lowest BCUT2D eigenvalue weighted by atomic mass is 10.3. The molecule has 1 heterocycles. The van der Waals surface area contributed by atoms with E-state index in [1.165, 1.54) is 12.5 Å². The van der Waals surface area contributed by atoms with Crippen LogP contribution in [0.5, 0.6) is 11.5 Å². The van der Waals surface area contributed by atoms with E-state index in [1.807, 2.05) is 0 Å². The highest BCUT2D eigenvalue weighted by molar-refractivity contribution is 7.99. The van der Waals surface area contributed by atoms with Crippen molar-refractivity contribution in [2.24, 2.45) is 0 Å². The highest BCUT2D eigenvalue weighted by Crippen LogP contribution is 2.31. The summed E-state index contributed by atoms with van der Waals surface area (Å²) in [5.41, 5.74) is 0. The summed E-state index contributed by atoms with van der Waals surface area (Å²) < 4.78 is 5.31. The van der Waals surface area contributed by atoms with Crippen LogP contribution in [-0.4, -0.2) is 53.7 Å². The number of aromatic hydroxyl groups is 2. The van der Waals surface area contributed by atoms with Crippen molar-refractivity contribution in [2.75, 3.05) is 38.6 Å². The van der Waals surface area contributed by atoms with E-state index in [0.29, 0.717) is 0 Å². The average molecular weight is 283 g/mol. The minimum Gasteiger partial charge on any atom is -0.508 e. The smallest absolute Gasteiger partial charge is 0.132 e. The first-order valence-electron chi connectivity index (χ1n) is 6.70. The molecule has 0 unspecified atom stereocenters. The minimum atomic E-state index is 0.106. The summed E-state index contributed by atoms with van der Waals surface area (Å²) in [7, 11) is 0. The van der Waals surface area contributed by atoms with Gasteiger partial charge in [-0.25, -0.2) is 0 Å². The molecule has 0 bridgehead atoms. The zero-order valence-electron chi connectivity index (χ0n) is 11.0. The van der Waals surface area contributed by atoms with Crippen molar-refractivity contribution in [3.8, 4) is 11.5 Å². The SMILES string of the molecule is Oc1ccc(SCCCCN2CCOCC2)c(O)c1. The lowest BCUT2D eigenvalue weighted by Gasteiger charge is -2.26. The summed E-state index contributed by atoms with van der Waals surface area (Å²) in [6.45, 7) is 4.94. The quantitative estimate of drug-likeness (QED) is 0.620. The van der Waals surface area contributed by atoms with Crippen LogP contribution in [0, 0.1) is 0 Å². The highest BCUT2D eigenvalue weighted by atomic mass is 32.2. The van der Waals surface area contributed by atoms with Crippen molar-refractivity contribution < 1.29 is 14.9 Å². The summed E-state index contributed by atoms with van der Waals surface area (Å²) in [6, 6.07) is 4.75. The van der Waals surface area contributed by atoms with Crippen LogP contribution in [0.3, 0.4) is 0 Å². The third-order valence-corrected chi connectivity index (χ3v) is 4.32. The third kappa shape index (κ3) is 4.93. The molecule has 0 aliphatic carbocycles. The largest absolute Gasteiger partial charge is 0.508 e. The molecule has 2 N–H and O–H groups in total. The Morgan fingerprint density at radius 1 is 1.16 bits per heavy atom. The number of benzene rings is 1. The summed E-state index contributed by atoms with van der Waals surface area (Å²) in [4.78, 5) is 3.27. The molecular formula is C14H21NO3S. The molecule has 0 amide bonds. The molecule has 5 heteroatoms. The third-order valence-electron chi connectivity index (χ3n) is 3.17. The number of phenols is 2. The average Bonchev–Trinajstić information content (AvgIpc) is 2.42. The maximum atomic E-state index is 9.65. The lowest BCUT2D eigenvalue weighted by Crippen LogP contribution is -2.36. The Hall–Kier alpha value is -0.910. The Labute approximate surface area is 118 Å². The van der Waals surface area contributed by atoms with Crippen LogP contribution in [0.25, 0.3) is 0 Å². The number of hydrogen-bond acceptors (Lipinski definition) is 5. The molecule has 1 saturated heterocycles.